The van der Waals surface area contributed by atoms with Crippen LogP contribution in [0.2, 0.25) is 0 Å². The van der Waals surface area contributed by atoms with Gasteiger partial charge < -0.3 is 10.8 Å². The molecule has 6 heteroatoms. The van der Waals surface area contributed by atoms with E-state index in [0.717, 1.165) is 11.1 Å². The first-order chi connectivity index (χ1) is 9.29. The van der Waals surface area contributed by atoms with E-state index in [-0.39, 0.29) is 22.0 Å². The van der Waals surface area contributed by atoms with Gasteiger partial charge in [0, 0.05) is 6.07 Å². The van der Waals surface area contributed by atoms with Crippen molar-refractivity contribution in [3.63, 3.8) is 0 Å². The van der Waals surface area contributed by atoms with Crippen LogP contribution in [-0.4, -0.2) is 13.5 Å². The van der Waals surface area contributed by atoms with Crippen LogP contribution >= 0.6 is 0 Å². The third-order valence-corrected chi connectivity index (χ3v) is 4.45. The molecule has 0 saturated heterocycles. The summed E-state index contributed by atoms with van der Waals surface area (Å²) in [4.78, 5) is 0.0314. The lowest BCUT2D eigenvalue weighted by Gasteiger charge is -2.12. The van der Waals surface area contributed by atoms with Crippen LogP contribution in [0.5, 0.6) is 5.75 Å². The third-order valence-electron chi connectivity index (χ3n) is 3.01. The van der Waals surface area contributed by atoms with E-state index in [2.05, 4.69) is 4.72 Å². The minimum Gasteiger partial charge on any atom is -0.508 e. The minimum atomic E-state index is -3.79. The molecule has 2 aromatic carbocycles. The Morgan fingerprint density at radius 3 is 2.40 bits per heavy atom. The summed E-state index contributed by atoms with van der Waals surface area (Å²) in [6, 6.07) is 9.06. The Labute approximate surface area is 118 Å². The van der Waals surface area contributed by atoms with Crippen molar-refractivity contribution in [3.8, 4) is 5.75 Å². The predicted molar refractivity (Wildman–Crippen MR) is 79.2 cm³/mol. The fourth-order valence-electron chi connectivity index (χ4n) is 1.82. The van der Waals surface area contributed by atoms with Gasteiger partial charge in [0.1, 0.15) is 10.6 Å². The molecule has 106 valence electrons. The average Bonchev–Trinajstić information content (AvgIpc) is 2.33. The molecule has 4 N–H and O–H groups in total. The maximum absolute atomic E-state index is 12.3. The van der Waals surface area contributed by atoms with E-state index in [1.54, 1.807) is 18.2 Å². The second kappa shape index (κ2) is 5.05. The highest BCUT2D eigenvalue weighted by Gasteiger charge is 2.18. The number of benzene rings is 2. The van der Waals surface area contributed by atoms with Gasteiger partial charge in [0.15, 0.2) is 0 Å². The number of anilines is 2. The Balaban J connectivity index is 2.43. The Hall–Kier alpha value is -2.21. The topological polar surface area (TPSA) is 92.4 Å². The molecular formula is C14H16N2O3S. The van der Waals surface area contributed by atoms with Crippen molar-refractivity contribution in [1.29, 1.82) is 0 Å². The number of aromatic hydroxyl groups is 1. The van der Waals surface area contributed by atoms with Gasteiger partial charge in [0.25, 0.3) is 10.0 Å². The lowest BCUT2D eigenvalue weighted by Crippen LogP contribution is -2.15. The predicted octanol–water partition coefficient (Wildman–Crippen LogP) is 2.39. The van der Waals surface area contributed by atoms with Crippen molar-refractivity contribution in [2.24, 2.45) is 0 Å². The molecule has 0 radical (unpaired) electrons. The van der Waals surface area contributed by atoms with Gasteiger partial charge in [-0.05, 0) is 49.2 Å². The maximum atomic E-state index is 12.3. The molecule has 5 nitrogen and oxygen atoms in total. The van der Waals surface area contributed by atoms with Gasteiger partial charge in [-0.1, -0.05) is 6.07 Å². The Morgan fingerprint density at radius 1 is 1.10 bits per heavy atom. The number of nitrogens with one attached hydrogen (secondary N) is 1. The zero-order chi connectivity index (χ0) is 14.9. The van der Waals surface area contributed by atoms with Crippen molar-refractivity contribution in [1.82, 2.24) is 0 Å². The number of hydrogen-bond donors (Lipinski definition) is 3. The molecule has 0 atom stereocenters. The van der Waals surface area contributed by atoms with Gasteiger partial charge in [0.05, 0.1) is 11.4 Å². The van der Waals surface area contributed by atoms with E-state index in [4.69, 9.17) is 5.73 Å². The van der Waals surface area contributed by atoms with E-state index in [0.29, 0.717) is 0 Å². The van der Waals surface area contributed by atoms with Crippen molar-refractivity contribution < 1.29 is 13.5 Å². The first-order valence-corrected chi connectivity index (χ1v) is 7.46. The number of sulfonamides is 1. The fraction of sp³-hybridized carbons (Fsp3) is 0.143. The Bertz CT molecular complexity index is 755. The van der Waals surface area contributed by atoms with Crippen LogP contribution in [0.3, 0.4) is 0 Å². The molecule has 0 bridgehead atoms. The highest BCUT2D eigenvalue weighted by molar-refractivity contribution is 7.92. The Kier molecular flexibility index (Phi) is 3.59. The van der Waals surface area contributed by atoms with Crippen LogP contribution in [-0.2, 0) is 10.0 Å². The number of phenolic OH excluding ortho intramolecular Hbond substituents is 1. The number of phenols is 1. The molecule has 0 fully saturated rings. The summed E-state index contributed by atoms with van der Waals surface area (Å²) in [6.45, 7) is 3.69. The lowest BCUT2D eigenvalue weighted by atomic mass is 10.1. The van der Waals surface area contributed by atoms with Crippen LogP contribution in [0.1, 0.15) is 11.1 Å². The van der Waals surface area contributed by atoms with Crippen molar-refractivity contribution in [3.05, 3.63) is 47.5 Å². The molecular weight excluding hydrogens is 276 g/mol. The normalized spacial score (nSPS) is 11.3. The molecule has 0 unspecified atom stereocenters. The van der Waals surface area contributed by atoms with Gasteiger partial charge >= 0.3 is 0 Å². The molecule has 2 aromatic rings. The van der Waals surface area contributed by atoms with E-state index in [1.165, 1.54) is 18.2 Å². The Morgan fingerprint density at radius 2 is 1.75 bits per heavy atom. The smallest absolute Gasteiger partial charge is 0.263 e. The molecule has 0 aliphatic heterocycles. The lowest BCUT2D eigenvalue weighted by molar-refractivity contribution is 0.475. The van der Waals surface area contributed by atoms with Crippen LogP contribution in [0.15, 0.2) is 41.3 Å². The monoisotopic (exact) mass is 292 g/mol. The third kappa shape index (κ3) is 2.85. The first-order valence-electron chi connectivity index (χ1n) is 5.98. The highest BCUT2D eigenvalue weighted by atomic mass is 32.2. The molecule has 0 aliphatic carbocycles. The second-order valence-electron chi connectivity index (χ2n) is 4.63. The summed E-state index contributed by atoms with van der Waals surface area (Å²) in [5.41, 5.74) is 8.04. The quantitative estimate of drug-likeness (QED) is 0.757. The molecule has 0 aliphatic rings. The van der Waals surface area contributed by atoms with Gasteiger partial charge in [-0.3, -0.25) is 4.72 Å². The maximum Gasteiger partial charge on any atom is 0.263 e. The summed E-state index contributed by atoms with van der Waals surface area (Å²) in [7, 11) is -3.79. The molecule has 0 amide bonds. The van der Waals surface area contributed by atoms with Crippen molar-refractivity contribution in [2.75, 3.05) is 10.5 Å². The number of nitrogens with two attached hydrogens (primary N) is 1. The average molecular weight is 292 g/mol. The van der Waals surface area contributed by atoms with Gasteiger partial charge in [-0.15, -0.1) is 0 Å². The molecule has 0 heterocycles. The van der Waals surface area contributed by atoms with Crippen LogP contribution in [0, 0.1) is 13.8 Å². The number of hydrogen-bond acceptors (Lipinski definition) is 4. The molecule has 20 heavy (non-hydrogen) atoms. The molecule has 2 rings (SSSR count). The molecule has 0 saturated carbocycles. The first kappa shape index (κ1) is 14.2. The number of rotatable bonds is 3. The van der Waals surface area contributed by atoms with Gasteiger partial charge in [0.2, 0.25) is 0 Å². The summed E-state index contributed by atoms with van der Waals surface area (Å²) in [5, 5.41) is 9.36. The molecule has 0 spiro atoms. The van der Waals surface area contributed by atoms with Gasteiger partial charge in [-0.2, -0.15) is 0 Å². The minimum absolute atomic E-state index is 0.0155. The van der Waals surface area contributed by atoms with Crippen molar-refractivity contribution >= 4 is 21.4 Å². The largest absolute Gasteiger partial charge is 0.508 e. The van der Waals surface area contributed by atoms with E-state index in [1.807, 2.05) is 13.8 Å². The van der Waals surface area contributed by atoms with Crippen LogP contribution in [0.4, 0.5) is 11.4 Å². The SMILES string of the molecule is Cc1cc(N)c(S(=O)(=O)Nc2cccc(O)c2)cc1C. The highest BCUT2D eigenvalue weighted by Crippen LogP contribution is 2.25. The summed E-state index contributed by atoms with van der Waals surface area (Å²) < 4.78 is 27.0. The van der Waals surface area contributed by atoms with Crippen LogP contribution < -0.4 is 10.5 Å². The van der Waals surface area contributed by atoms with E-state index in [9.17, 15) is 13.5 Å². The summed E-state index contributed by atoms with van der Waals surface area (Å²) in [6.07, 6.45) is 0. The van der Waals surface area contributed by atoms with Crippen LogP contribution in [0.25, 0.3) is 0 Å². The zero-order valence-electron chi connectivity index (χ0n) is 11.2. The number of nitrogen functional groups attached to an aromatic ring is 1. The van der Waals surface area contributed by atoms with E-state index >= 15 is 0 Å². The molecule has 0 aromatic heterocycles. The summed E-state index contributed by atoms with van der Waals surface area (Å²) >= 11 is 0. The van der Waals surface area contributed by atoms with E-state index < -0.39 is 10.0 Å². The summed E-state index contributed by atoms with van der Waals surface area (Å²) in [5.74, 6) is -0.0155. The fourth-order valence-corrected chi connectivity index (χ4v) is 3.07. The van der Waals surface area contributed by atoms with Crippen molar-refractivity contribution in [2.45, 2.75) is 18.7 Å². The zero-order valence-corrected chi connectivity index (χ0v) is 12.0. The van der Waals surface area contributed by atoms with Gasteiger partial charge in [-0.25, -0.2) is 8.42 Å². The standard InChI is InChI=1S/C14H16N2O3S/c1-9-6-13(15)14(7-10(9)2)20(18,19)16-11-4-3-5-12(17)8-11/h3-8,16-17H,15H2,1-2H3. The second-order valence-corrected chi connectivity index (χ2v) is 6.28. The number of aryl methyl sites for hydroxylation is 2.